The Balaban J connectivity index is 2.56. The molecule has 1 heterocycles. The average molecular weight is 222 g/mol. The fourth-order valence-electron chi connectivity index (χ4n) is 1.57. The number of pyridine rings is 1. The molecule has 16 heavy (non-hydrogen) atoms. The Bertz CT molecular complexity index is 336. The first-order valence-electron chi connectivity index (χ1n) is 5.68. The van der Waals surface area contributed by atoms with Crippen LogP contribution in [0.2, 0.25) is 0 Å². The minimum Gasteiger partial charge on any atom is -0.379 e. The SMILES string of the molecule is COC(C)(C)CCC(N)c1ccnc(C)c1. The molecule has 1 aromatic rings. The average Bonchev–Trinajstić information content (AvgIpc) is 2.26. The van der Waals surface area contributed by atoms with Crippen LogP contribution in [0, 0.1) is 6.92 Å². The van der Waals surface area contributed by atoms with Crippen molar-refractivity contribution in [1.82, 2.24) is 4.98 Å². The van der Waals surface area contributed by atoms with Gasteiger partial charge in [-0.2, -0.15) is 0 Å². The highest BCUT2D eigenvalue weighted by Gasteiger charge is 2.18. The molecule has 1 unspecified atom stereocenters. The number of hydrogen-bond acceptors (Lipinski definition) is 3. The summed E-state index contributed by atoms with van der Waals surface area (Å²) in [6.07, 6.45) is 3.68. The molecule has 1 aromatic heterocycles. The van der Waals surface area contributed by atoms with Gasteiger partial charge in [0.1, 0.15) is 0 Å². The molecule has 3 heteroatoms. The van der Waals surface area contributed by atoms with Crippen LogP contribution in [0.25, 0.3) is 0 Å². The maximum atomic E-state index is 6.14. The monoisotopic (exact) mass is 222 g/mol. The van der Waals surface area contributed by atoms with E-state index in [0.29, 0.717) is 0 Å². The van der Waals surface area contributed by atoms with Crippen molar-refractivity contribution in [1.29, 1.82) is 0 Å². The molecule has 0 aliphatic carbocycles. The van der Waals surface area contributed by atoms with Gasteiger partial charge in [0.25, 0.3) is 0 Å². The quantitative estimate of drug-likeness (QED) is 0.833. The second-order valence-corrected chi connectivity index (χ2v) is 4.84. The first-order valence-corrected chi connectivity index (χ1v) is 5.68. The third-order valence-electron chi connectivity index (χ3n) is 2.96. The minimum atomic E-state index is -0.0975. The second kappa shape index (κ2) is 5.41. The Labute approximate surface area is 98.0 Å². The van der Waals surface area contributed by atoms with E-state index in [1.54, 1.807) is 7.11 Å². The fraction of sp³-hybridized carbons (Fsp3) is 0.615. The van der Waals surface area contributed by atoms with Gasteiger partial charge in [0.15, 0.2) is 0 Å². The van der Waals surface area contributed by atoms with Crippen LogP contribution in [0.1, 0.15) is 44.0 Å². The molecule has 0 spiro atoms. The zero-order valence-corrected chi connectivity index (χ0v) is 10.7. The van der Waals surface area contributed by atoms with Gasteiger partial charge in [-0.1, -0.05) is 0 Å². The molecule has 0 aliphatic rings. The maximum absolute atomic E-state index is 6.14. The molecule has 0 radical (unpaired) electrons. The van der Waals surface area contributed by atoms with Gasteiger partial charge >= 0.3 is 0 Å². The predicted octanol–water partition coefficient (Wildman–Crippen LogP) is 2.60. The largest absolute Gasteiger partial charge is 0.379 e. The van der Waals surface area contributed by atoms with Crippen LogP contribution >= 0.6 is 0 Å². The number of hydrogen-bond donors (Lipinski definition) is 1. The molecule has 90 valence electrons. The number of nitrogens with two attached hydrogens (primary N) is 1. The van der Waals surface area contributed by atoms with Crippen molar-refractivity contribution in [3.05, 3.63) is 29.6 Å². The minimum absolute atomic E-state index is 0.0659. The van der Waals surface area contributed by atoms with Gasteiger partial charge in [-0.3, -0.25) is 4.98 Å². The topological polar surface area (TPSA) is 48.1 Å². The zero-order valence-electron chi connectivity index (χ0n) is 10.7. The summed E-state index contributed by atoms with van der Waals surface area (Å²) in [6, 6.07) is 4.10. The van der Waals surface area contributed by atoms with Crippen molar-refractivity contribution in [3.63, 3.8) is 0 Å². The molecular formula is C13H22N2O. The van der Waals surface area contributed by atoms with E-state index in [4.69, 9.17) is 10.5 Å². The summed E-state index contributed by atoms with van der Waals surface area (Å²) < 4.78 is 5.38. The standard InChI is InChI=1S/C13H22N2O/c1-10-9-11(6-8-15-10)12(14)5-7-13(2,3)16-4/h6,8-9,12H,5,7,14H2,1-4H3. The molecule has 1 atom stereocenters. The van der Waals surface area contributed by atoms with Crippen molar-refractivity contribution in [2.75, 3.05) is 7.11 Å². The van der Waals surface area contributed by atoms with Crippen molar-refractivity contribution >= 4 is 0 Å². The molecule has 0 bridgehead atoms. The zero-order chi connectivity index (χ0) is 12.2. The number of rotatable bonds is 5. The van der Waals surface area contributed by atoms with Gasteiger partial charge in [-0.05, 0) is 51.3 Å². The van der Waals surface area contributed by atoms with Crippen molar-refractivity contribution in [2.24, 2.45) is 5.73 Å². The highest BCUT2D eigenvalue weighted by molar-refractivity contribution is 5.18. The molecule has 0 aliphatic heterocycles. The fourth-order valence-corrected chi connectivity index (χ4v) is 1.57. The summed E-state index contributed by atoms with van der Waals surface area (Å²) >= 11 is 0. The van der Waals surface area contributed by atoms with Gasteiger partial charge in [0.2, 0.25) is 0 Å². The number of aromatic nitrogens is 1. The third kappa shape index (κ3) is 3.91. The third-order valence-corrected chi connectivity index (χ3v) is 2.96. The Morgan fingerprint density at radius 3 is 2.75 bits per heavy atom. The molecule has 0 amide bonds. The van der Waals surface area contributed by atoms with E-state index < -0.39 is 0 Å². The number of methoxy groups -OCH3 is 1. The molecule has 0 saturated carbocycles. The van der Waals surface area contributed by atoms with Crippen LogP contribution in [0.15, 0.2) is 18.3 Å². The van der Waals surface area contributed by atoms with E-state index in [1.807, 2.05) is 25.3 Å². The van der Waals surface area contributed by atoms with Crippen molar-refractivity contribution in [3.8, 4) is 0 Å². The van der Waals surface area contributed by atoms with Crippen molar-refractivity contribution < 1.29 is 4.74 Å². The summed E-state index contributed by atoms with van der Waals surface area (Å²) in [5.41, 5.74) is 8.21. The van der Waals surface area contributed by atoms with Crippen LogP contribution in [-0.2, 0) is 4.74 Å². The van der Waals surface area contributed by atoms with E-state index in [2.05, 4.69) is 18.8 Å². The first-order chi connectivity index (χ1) is 7.44. The summed E-state index contributed by atoms with van der Waals surface area (Å²) in [6.45, 7) is 6.14. The lowest BCUT2D eigenvalue weighted by Gasteiger charge is -2.24. The molecule has 1 rings (SSSR count). The Morgan fingerprint density at radius 2 is 2.19 bits per heavy atom. The van der Waals surface area contributed by atoms with Crippen LogP contribution in [0.3, 0.4) is 0 Å². The van der Waals surface area contributed by atoms with Crippen LogP contribution in [-0.4, -0.2) is 17.7 Å². The molecule has 3 nitrogen and oxygen atoms in total. The molecular weight excluding hydrogens is 200 g/mol. The highest BCUT2D eigenvalue weighted by Crippen LogP contribution is 2.22. The summed E-state index contributed by atoms with van der Waals surface area (Å²) in [5.74, 6) is 0. The summed E-state index contributed by atoms with van der Waals surface area (Å²) in [4.78, 5) is 4.17. The summed E-state index contributed by atoms with van der Waals surface area (Å²) in [7, 11) is 1.74. The van der Waals surface area contributed by atoms with Crippen LogP contribution in [0.5, 0.6) is 0 Å². The number of aryl methyl sites for hydroxylation is 1. The molecule has 2 N–H and O–H groups in total. The van der Waals surface area contributed by atoms with E-state index in [1.165, 1.54) is 0 Å². The van der Waals surface area contributed by atoms with E-state index >= 15 is 0 Å². The number of ether oxygens (including phenoxy) is 1. The Kier molecular flexibility index (Phi) is 4.44. The Hall–Kier alpha value is -0.930. The highest BCUT2D eigenvalue weighted by atomic mass is 16.5. The van der Waals surface area contributed by atoms with Crippen LogP contribution < -0.4 is 5.73 Å². The van der Waals surface area contributed by atoms with Crippen LogP contribution in [0.4, 0.5) is 0 Å². The molecule has 0 saturated heterocycles. The normalized spacial score (nSPS) is 13.8. The molecule has 0 aromatic carbocycles. The predicted molar refractivity (Wildman–Crippen MR) is 66.2 cm³/mol. The smallest absolute Gasteiger partial charge is 0.0623 e. The van der Waals surface area contributed by atoms with Gasteiger partial charge in [0.05, 0.1) is 5.60 Å². The second-order valence-electron chi connectivity index (χ2n) is 4.84. The van der Waals surface area contributed by atoms with Gasteiger partial charge in [-0.25, -0.2) is 0 Å². The summed E-state index contributed by atoms with van der Waals surface area (Å²) in [5, 5.41) is 0. The Morgan fingerprint density at radius 1 is 1.50 bits per heavy atom. The first kappa shape index (κ1) is 13.1. The lowest BCUT2D eigenvalue weighted by molar-refractivity contribution is 0.0125. The maximum Gasteiger partial charge on any atom is 0.0623 e. The van der Waals surface area contributed by atoms with Gasteiger partial charge < -0.3 is 10.5 Å². The number of nitrogens with zero attached hydrogens (tertiary/aromatic N) is 1. The lowest BCUT2D eigenvalue weighted by atomic mass is 9.95. The molecule has 0 fully saturated rings. The van der Waals surface area contributed by atoms with Crippen molar-refractivity contribution in [2.45, 2.75) is 45.3 Å². The van der Waals surface area contributed by atoms with Gasteiger partial charge in [-0.15, -0.1) is 0 Å². The van der Waals surface area contributed by atoms with Gasteiger partial charge in [0, 0.05) is 25.0 Å². The van der Waals surface area contributed by atoms with E-state index in [0.717, 1.165) is 24.1 Å². The lowest BCUT2D eigenvalue weighted by Crippen LogP contribution is -2.24. The van der Waals surface area contributed by atoms with E-state index in [9.17, 15) is 0 Å². The van der Waals surface area contributed by atoms with E-state index in [-0.39, 0.29) is 11.6 Å².